The molecule has 0 aliphatic rings. The zero-order chi connectivity index (χ0) is 13.1. The summed E-state index contributed by atoms with van der Waals surface area (Å²) >= 11 is 0. The van der Waals surface area contributed by atoms with Gasteiger partial charge in [-0.15, -0.1) is 5.10 Å². The van der Waals surface area contributed by atoms with Crippen molar-refractivity contribution in [3.63, 3.8) is 0 Å². The SMILES string of the molecule is Nc1nc2c(nnn2COC(CO)CO)c(=O)[nH]1. The standard InChI is InChI=1S/C8H12N6O4/c9-8-10-6-5(7(17)11-8)12-13-14(6)3-18-4(1-15)2-16/h4,15-16H,1-3H2,(H3,9,10,11,17). The van der Waals surface area contributed by atoms with Gasteiger partial charge in [0.05, 0.1) is 13.2 Å². The third-order valence-corrected chi connectivity index (χ3v) is 2.23. The summed E-state index contributed by atoms with van der Waals surface area (Å²) in [7, 11) is 0. The monoisotopic (exact) mass is 256 g/mol. The Morgan fingerprint density at radius 2 is 2.17 bits per heavy atom. The third kappa shape index (κ3) is 2.30. The highest BCUT2D eigenvalue weighted by molar-refractivity contribution is 5.69. The van der Waals surface area contributed by atoms with Gasteiger partial charge in [-0.3, -0.25) is 9.78 Å². The molecule has 0 aliphatic carbocycles. The van der Waals surface area contributed by atoms with Crippen LogP contribution < -0.4 is 11.3 Å². The quantitative estimate of drug-likeness (QED) is 0.455. The van der Waals surface area contributed by atoms with E-state index in [2.05, 4.69) is 20.3 Å². The van der Waals surface area contributed by atoms with Gasteiger partial charge < -0.3 is 20.7 Å². The molecule has 0 saturated carbocycles. The first-order valence-corrected chi connectivity index (χ1v) is 5.08. The summed E-state index contributed by atoms with van der Waals surface area (Å²) in [6.45, 7) is -0.781. The number of ether oxygens (including phenoxy) is 1. The maximum atomic E-state index is 11.5. The van der Waals surface area contributed by atoms with E-state index in [0.29, 0.717) is 0 Å². The van der Waals surface area contributed by atoms with Crippen molar-refractivity contribution in [1.29, 1.82) is 0 Å². The molecule has 0 saturated heterocycles. The van der Waals surface area contributed by atoms with Crippen LogP contribution in [0.1, 0.15) is 0 Å². The molecule has 2 aromatic heterocycles. The number of aliphatic hydroxyl groups excluding tert-OH is 2. The van der Waals surface area contributed by atoms with Crippen molar-refractivity contribution in [2.45, 2.75) is 12.8 Å². The molecule has 0 spiro atoms. The van der Waals surface area contributed by atoms with Crippen LogP contribution in [0.5, 0.6) is 0 Å². The molecule has 2 heterocycles. The zero-order valence-electron chi connectivity index (χ0n) is 9.28. The fourth-order valence-electron chi connectivity index (χ4n) is 1.31. The van der Waals surface area contributed by atoms with Gasteiger partial charge in [-0.2, -0.15) is 4.98 Å². The molecular formula is C8H12N6O4. The number of nitrogens with two attached hydrogens (primary N) is 1. The number of rotatable bonds is 5. The topological polar surface area (TPSA) is 152 Å². The lowest BCUT2D eigenvalue weighted by Crippen LogP contribution is -2.24. The Morgan fingerprint density at radius 1 is 1.44 bits per heavy atom. The van der Waals surface area contributed by atoms with Crippen molar-refractivity contribution in [2.24, 2.45) is 0 Å². The van der Waals surface area contributed by atoms with Crippen LogP contribution in [0.2, 0.25) is 0 Å². The van der Waals surface area contributed by atoms with Crippen LogP contribution in [-0.4, -0.2) is 54.5 Å². The molecule has 2 rings (SSSR count). The van der Waals surface area contributed by atoms with Gasteiger partial charge in [-0.1, -0.05) is 5.21 Å². The summed E-state index contributed by atoms with van der Waals surface area (Å²) in [4.78, 5) is 17.6. The van der Waals surface area contributed by atoms with Gasteiger partial charge in [0.15, 0.2) is 11.2 Å². The van der Waals surface area contributed by atoms with Gasteiger partial charge in [-0.05, 0) is 0 Å². The number of aliphatic hydroxyl groups is 2. The van der Waals surface area contributed by atoms with Crippen LogP contribution in [-0.2, 0) is 11.5 Å². The van der Waals surface area contributed by atoms with Crippen LogP contribution in [0.25, 0.3) is 11.2 Å². The van der Waals surface area contributed by atoms with E-state index in [1.807, 2.05) is 0 Å². The molecule has 5 N–H and O–H groups in total. The summed E-state index contributed by atoms with van der Waals surface area (Å²) in [6.07, 6.45) is -0.733. The van der Waals surface area contributed by atoms with Crippen LogP contribution in [0, 0.1) is 0 Å². The minimum absolute atomic E-state index is 0.0392. The average molecular weight is 256 g/mol. The van der Waals surface area contributed by atoms with E-state index in [-0.39, 0.29) is 37.1 Å². The van der Waals surface area contributed by atoms with E-state index in [9.17, 15) is 4.79 Å². The molecule has 10 nitrogen and oxygen atoms in total. The smallest absolute Gasteiger partial charge is 0.282 e. The predicted octanol–water partition coefficient (Wildman–Crippen LogP) is -2.58. The molecule has 0 unspecified atom stereocenters. The molecule has 18 heavy (non-hydrogen) atoms. The second-order valence-electron chi connectivity index (χ2n) is 3.50. The Labute approximate surface area is 100 Å². The van der Waals surface area contributed by atoms with Crippen molar-refractivity contribution in [1.82, 2.24) is 25.0 Å². The average Bonchev–Trinajstić information content (AvgIpc) is 2.74. The minimum atomic E-state index is -0.733. The normalized spacial score (nSPS) is 11.5. The maximum Gasteiger partial charge on any atom is 0.282 e. The number of anilines is 1. The van der Waals surface area contributed by atoms with E-state index in [4.69, 9.17) is 20.7 Å². The largest absolute Gasteiger partial charge is 0.394 e. The molecule has 0 radical (unpaired) electrons. The minimum Gasteiger partial charge on any atom is -0.394 e. The molecule has 0 atom stereocenters. The number of nitrogen functional groups attached to an aromatic ring is 1. The first kappa shape index (κ1) is 12.4. The number of aromatic nitrogens is 5. The Kier molecular flexibility index (Phi) is 3.50. The maximum absolute atomic E-state index is 11.5. The van der Waals surface area contributed by atoms with Gasteiger partial charge in [0.2, 0.25) is 5.95 Å². The van der Waals surface area contributed by atoms with Crippen LogP contribution in [0.4, 0.5) is 5.95 Å². The van der Waals surface area contributed by atoms with Crippen molar-refractivity contribution in [2.75, 3.05) is 18.9 Å². The first-order valence-electron chi connectivity index (χ1n) is 5.08. The number of hydrogen-bond donors (Lipinski definition) is 4. The van der Waals surface area contributed by atoms with Crippen molar-refractivity contribution in [3.05, 3.63) is 10.4 Å². The number of hydrogen-bond acceptors (Lipinski definition) is 8. The van der Waals surface area contributed by atoms with Gasteiger partial charge in [0, 0.05) is 0 Å². The molecule has 0 amide bonds. The number of nitrogens with one attached hydrogen (secondary N) is 1. The van der Waals surface area contributed by atoms with E-state index < -0.39 is 11.7 Å². The van der Waals surface area contributed by atoms with Crippen molar-refractivity contribution < 1.29 is 14.9 Å². The number of H-pyrrole nitrogens is 1. The lowest BCUT2D eigenvalue weighted by molar-refractivity contribution is -0.0528. The van der Waals surface area contributed by atoms with Crippen molar-refractivity contribution in [3.8, 4) is 0 Å². The number of fused-ring (bicyclic) bond motifs is 1. The first-order chi connectivity index (χ1) is 8.65. The Morgan fingerprint density at radius 3 is 2.83 bits per heavy atom. The van der Waals surface area contributed by atoms with Gasteiger partial charge in [0.25, 0.3) is 5.56 Å². The molecule has 0 aliphatic heterocycles. The lowest BCUT2D eigenvalue weighted by atomic mass is 10.4. The van der Waals surface area contributed by atoms with Crippen LogP contribution in [0.15, 0.2) is 4.79 Å². The van der Waals surface area contributed by atoms with E-state index >= 15 is 0 Å². The molecule has 0 fully saturated rings. The van der Waals surface area contributed by atoms with Crippen molar-refractivity contribution >= 4 is 17.1 Å². The van der Waals surface area contributed by atoms with E-state index in [0.717, 1.165) is 0 Å². The van der Waals surface area contributed by atoms with Gasteiger partial charge in [0.1, 0.15) is 12.8 Å². The Bertz CT molecular complexity index is 589. The predicted molar refractivity (Wildman–Crippen MR) is 59.4 cm³/mol. The number of nitrogens with zero attached hydrogens (tertiary/aromatic N) is 4. The Balaban J connectivity index is 2.27. The molecule has 10 heteroatoms. The number of aromatic amines is 1. The summed E-state index contributed by atoms with van der Waals surface area (Å²) in [5.74, 6) is -0.0584. The van der Waals surface area contributed by atoms with Gasteiger partial charge >= 0.3 is 0 Å². The highest BCUT2D eigenvalue weighted by atomic mass is 16.5. The van der Waals surface area contributed by atoms with Crippen LogP contribution in [0.3, 0.4) is 0 Å². The fraction of sp³-hybridized carbons (Fsp3) is 0.500. The molecule has 0 aromatic carbocycles. The second-order valence-corrected chi connectivity index (χ2v) is 3.50. The third-order valence-electron chi connectivity index (χ3n) is 2.23. The van der Waals surface area contributed by atoms with E-state index in [1.165, 1.54) is 4.68 Å². The Hall–Kier alpha value is -2.04. The summed E-state index contributed by atoms with van der Waals surface area (Å²) in [5.41, 5.74) is 5.12. The summed E-state index contributed by atoms with van der Waals surface area (Å²) in [5, 5.41) is 25.0. The molecule has 98 valence electrons. The fourth-order valence-corrected chi connectivity index (χ4v) is 1.31. The molecule has 0 bridgehead atoms. The highest BCUT2D eigenvalue weighted by Crippen LogP contribution is 2.04. The van der Waals surface area contributed by atoms with E-state index in [1.54, 1.807) is 0 Å². The highest BCUT2D eigenvalue weighted by Gasteiger charge is 2.12. The second kappa shape index (κ2) is 5.08. The lowest BCUT2D eigenvalue weighted by Gasteiger charge is -2.11. The zero-order valence-corrected chi connectivity index (χ0v) is 9.28. The summed E-state index contributed by atoms with van der Waals surface area (Å²) in [6, 6.07) is 0. The molecular weight excluding hydrogens is 244 g/mol. The van der Waals surface area contributed by atoms with Gasteiger partial charge in [-0.25, -0.2) is 4.68 Å². The summed E-state index contributed by atoms with van der Waals surface area (Å²) < 4.78 is 6.35. The van der Waals surface area contributed by atoms with Crippen LogP contribution >= 0.6 is 0 Å². The molecule has 2 aromatic rings.